The van der Waals surface area contributed by atoms with Crippen molar-refractivity contribution in [3.63, 3.8) is 0 Å². The zero-order chi connectivity index (χ0) is 13.8. The van der Waals surface area contributed by atoms with Crippen molar-refractivity contribution in [2.45, 2.75) is 13.1 Å². The molecule has 0 amide bonds. The van der Waals surface area contributed by atoms with E-state index in [1.54, 1.807) is 0 Å². The van der Waals surface area contributed by atoms with Crippen molar-refractivity contribution in [2.24, 2.45) is 0 Å². The SMILES string of the molecule is C=CCOc1nc(C(F)(F)F)c(C(=O)OCC)s1. The fraction of sp³-hybridized carbons (Fsp3) is 0.400. The minimum atomic E-state index is -4.73. The molecule has 18 heavy (non-hydrogen) atoms. The van der Waals surface area contributed by atoms with Gasteiger partial charge in [0.2, 0.25) is 0 Å². The van der Waals surface area contributed by atoms with Gasteiger partial charge in [0.1, 0.15) is 11.5 Å². The molecule has 4 nitrogen and oxygen atoms in total. The Morgan fingerprint density at radius 1 is 1.56 bits per heavy atom. The van der Waals surface area contributed by atoms with Crippen molar-refractivity contribution in [3.8, 4) is 5.19 Å². The number of hydrogen-bond donors (Lipinski definition) is 0. The number of halogens is 3. The Morgan fingerprint density at radius 2 is 2.22 bits per heavy atom. The number of alkyl halides is 3. The zero-order valence-electron chi connectivity index (χ0n) is 9.41. The second kappa shape index (κ2) is 5.85. The molecule has 1 aromatic heterocycles. The van der Waals surface area contributed by atoms with Gasteiger partial charge in [0, 0.05) is 0 Å². The normalized spacial score (nSPS) is 11.1. The fourth-order valence-corrected chi connectivity index (χ4v) is 1.86. The lowest BCUT2D eigenvalue weighted by atomic mass is 10.3. The third kappa shape index (κ3) is 3.46. The summed E-state index contributed by atoms with van der Waals surface area (Å²) in [4.78, 5) is 14.0. The number of nitrogens with zero attached hydrogens (tertiary/aromatic N) is 1. The summed E-state index contributed by atoms with van der Waals surface area (Å²) in [6.45, 7) is 4.85. The van der Waals surface area contributed by atoms with Crippen LogP contribution in [0.1, 0.15) is 22.3 Å². The molecule has 0 unspecified atom stereocenters. The van der Waals surface area contributed by atoms with Gasteiger partial charge in [0.25, 0.3) is 5.19 Å². The maximum Gasteiger partial charge on any atom is 0.435 e. The Hall–Kier alpha value is -1.57. The van der Waals surface area contributed by atoms with Crippen molar-refractivity contribution < 1.29 is 27.4 Å². The molecule has 0 aromatic carbocycles. The largest absolute Gasteiger partial charge is 0.466 e. The monoisotopic (exact) mass is 281 g/mol. The molecule has 0 saturated carbocycles. The van der Waals surface area contributed by atoms with Crippen molar-refractivity contribution in [1.82, 2.24) is 4.98 Å². The van der Waals surface area contributed by atoms with Crippen molar-refractivity contribution in [1.29, 1.82) is 0 Å². The number of thiazole rings is 1. The van der Waals surface area contributed by atoms with Crippen LogP contribution < -0.4 is 4.74 Å². The van der Waals surface area contributed by atoms with Crippen LogP contribution in [0.2, 0.25) is 0 Å². The molecule has 0 atom stereocenters. The van der Waals surface area contributed by atoms with Crippen LogP contribution in [0.25, 0.3) is 0 Å². The standard InChI is InChI=1S/C10H10F3NO3S/c1-3-5-17-9-14-7(10(11,12)13)6(18-9)8(15)16-4-2/h3H,1,4-5H2,2H3. The van der Waals surface area contributed by atoms with E-state index in [9.17, 15) is 18.0 Å². The molecule has 8 heteroatoms. The zero-order valence-corrected chi connectivity index (χ0v) is 10.2. The molecule has 0 radical (unpaired) electrons. The van der Waals surface area contributed by atoms with E-state index >= 15 is 0 Å². The summed E-state index contributed by atoms with van der Waals surface area (Å²) in [6.07, 6.45) is -3.37. The maximum atomic E-state index is 12.6. The summed E-state index contributed by atoms with van der Waals surface area (Å²) in [6, 6.07) is 0. The highest BCUT2D eigenvalue weighted by Gasteiger charge is 2.40. The summed E-state index contributed by atoms with van der Waals surface area (Å²) in [5.41, 5.74) is -1.29. The molecule has 0 spiro atoms. The van der Waals surface area contributed by atoms with E-state index in [0.717, 1.165) is 0 Å². The number of carbonyl (C=O) groups excluding carboxylic acids is 1. The molecule has 100 valence electrons. The van der Waals surface area contributed by atoms with Crippen molar-refractivity contribution >= 4 is 17.3 Å². The van der Waals surface area contributed by atoms with Crippen LogP contribution in [0.5, 0.6) is 5.19 Å². The minimum absolute atomic E-state index is 0.00702. The van der Waals surface area contributed by atoms with E-state index in [0.29, 0.717) is 11.3 Å². The van der Waals surface area contributed by atoms with Crippen LogP contribution in [-0.4, -0.2) is 24.2 Å². The highest BCUT2D eigenvalue weighted by atomic mass is 32.1. The van der Waals surface area contributed by atoms with E-state index in [1.807, 2.05) is 0 Å². The topological polar surface area (TPSA) is 48.4 Å². The maximum absolute atomic E-state index is 12.6. The number of aromatic nitrogens is 1. The number of hydrogen-bond acceptors (Lipinski definition) is 5. The molecule has 0 N–H and O–H groups in total. The molecule has 0 fully saturated rings. The van der Waals surface area contributed by atoms with Crippen LogP contribution in [0.4, 0.5) is 13.2 Å². The highest BCUT2D eigenvalue weighted by Crippen LogP contribution is 2.37. The van der Waals surface area contributed by atoms with Gasteiger partial charge >= 0.3 is 12.1 Å². The highest BCUT2D eigenvalue weighted by molar-refractivity contribution is 7.15. The lowest BCUT2D eigenvalue weighted by Gasteiger charge is -2.04. The molecule has 0 aliphatic heterocycles. The van der Waals surface area contributed by atoms with Gasteiger partial charge in [0.05, 0.1) is 6.61 Å². The van der Waals surface area contributed by atoms with Crippen LogP contribution in [-0.2, 0) is 10.9 Å². The Labute approximate surface area is 105 Å². The Morgan fingerprint density at radius 3 is 2.72 bits per heavy atom. The Bertz CT molecular complexity index is 442. The summed E-state index contributed by atoms with van der Waals surface area (Å²) in [5, 5.41) is -0.245. The number of carbonyl (C=O) groups is 1. The van der Waals surface area contributed by atoms with Crippen LogP contribution in [0.15, 0.2) is 12.7 Å². The molecule has 1 aromatic rings. The average molecular weight is 281 g/mol. The first-order valence-corrected chi connectivity index (χ1v) is 5.70. The number of esters is 1. The molecular formula is C10H10F3NO3S. The molecule has 0 aliphatic carbocycles. The van der Waals surface area contributed by atoms with Gasteiger partial charge in [0.15, 0.2) is 5.69 Å². The second-order valence-electron chi connectivity index (χ2n) is 2.98. The summed E-state index contributed by atoms with van der Waals surface area (Å²) >= 11 is 0.499. The van der Waals surface area contributed by atoms with E-state index in [2.05, 4.69) is 16.3 Å². The van der Waals surface area contributed by atoms with Gasteiger partial charge in [-0.05, 0) is 6.92 Å². The fourth-order valence-electron chi connectivity index (χ4n) is 1.02. The molecule has 0 saturated heterocycles. The van der Waals surface area contributed by atoms with Crippen LogP contribution in [0.3, 0.4) is 0 Å². The molecular weight excluding hydrogens is 271 g/mol. The predicted molar refractivity (Wildman–Crippen MR) is 58.8 cm³/mol. The number of rotatable bonds is 5. The summed E-state index contributed by atoms with van der Waals surface area (Å²) in [5.74, 6) is -1.06. The second-order valence-corrected chi connectivity index (χ2v) is 3.94. The Balaban J connectivity index is 3.08. The van der Waals surface area contributed by atoms with E-state index in [4.69, 9.17) is 4.74 Å². The Kier molecular flexibility index (Phi) is 4.71. The molecule has 1 heterocycles. The number of ether oxygens (including phenoxy) is 2. The summed E-state index contributed by atoms with van der Waals surface area (Å²) in [7, 11) is 0. The molecule has 0 bridgehead atoms. The predicted octanol–water partition coefficient (Wildman–Crippen LogP) is 2.90. The van der Waals surface area contributed by atoms with Gasteiger partial charge < -0.3 is 9.47 Å². The summed E-state index contributed by atoms with van der Waals surface area (Å²) < 4.78 is 47.4. The minimum Gasteiger partial charge on any atom is -0.466 e. The average Bonchev–Trinajstić information content (AvgIpc) is 2.70. The van der Waals surface area contributed by atoms with Crippen molar-refractivity contribution in [3.05, 3.63) is 23.2 Å². The first-order valence-electron chi connectivity index (χ1n) is 4.89. The van der Waals surface area contributed by atoms with Crippen LogP contribution in [0, 0.1) is 0 Å². The van der Waals surface area contributed by atoms with Gasteiger partial charge in [-0.15, -0.1) is 0 Å². The molecule has 1 rings (SSSR count). The van der Waals surface area contributed by atoms with E-state index in [-0.39, 0.29) is 18.4 Å². The lowest BCUT2D eigenvalue weighted by Crippen LogP contribution is -2.13. The quantitative estimate of drug-likeness (QED) is 0.615. The first kappa shape index (κ1) is 14.5. The van der Waals surface area contributed by atoms with Gasteiger partial charge in [-0.25, -0.2) is 4.79 Å². The van der Waals surface area contributed by atoms with Crippen molar-refractivity contribution in [2.75, 3.05) is 13.2 Å². The van der Waals surface area contributed by atoms with Gasteiger partial charge in [-0.2, -0.15) is 18.2 Å². The van der Waals surface area contributed by atoms with E-state index < -0.39 is 22.7 Å². The van der Waals surface area contributed by atoms with Crippen LogP contribution >= 0.6 is 11.3 Å². The molecule has 0 aliphatic rings. The van der Waals surface area contributed by atoms with Gasteiger partial charge in [-0.1, -0.05) is 24.0 Å². The first-order chi connectivity index (χ1) is 8.40. The van der Waals surface area contributed by atoms with E-state index in [1.165, 1.54) is 13.0 Å². The lowest BCUT2D eigenvalue weighted by molar-refractivity contribution is -0.141. The third-order valence-electron chi connectivity index (χ3n) is 1.66. The smallest absolute Gasteiger partial charge is 0.435 e. The van der Waals surface area contributed by atoms with Gasteiger partial charge in [-0.3, -0.25) is 0 Å². The third-order valence-corrected chi connectivity index (χ3v) is 2.61.